The lowest BCUT2D eigenvalue weighted by Crippen LogP contribution is -2.50. The van der Waals surface area contributed by atoms with Gasteiger partial charge >= 0.3 is 5.97 Å². The second-order valence-corrected chi connectivity index (χ2v) is 4.76. The summed E-state index contributed by atoms with van der Waals surface area (Å²) in [5.74, 6) is -1.82. The lowest BCUT2D eigenvalue weighted by Gasteiger charge is -2.31. The molecule has 0 heterocycles. The molecule has 0 radical (unpaired) electrons. The Balaban J connectivity index is 3.19. The number of carboxylic acids is 1. The molecule has 8 nitrogen and oxygen atoms in total. The van der Waals surface area contributed by atoms with Gasteiger partial charge in [0.25, 0.3) is 11.6 Å². The standard InChI is InChI=1S/C12H15N3O5/c1-12(2,11(17)18)14(3)10(16)7-4-5-8(13)9(6-7)15(19)20/h4-6H,13H2,1-3H3,(H,17,18). The number of aliphatic carboxylic acids is 1. The number of nitrogen functional groups attached to an aromatic ring is 1. The number of carboxylic acid groups (broad SMARTS) is 1. The molecule has 0 aliphatic carbocycles. The zero-order chi connectivity index (χ0) is 15.7. The van der Waals surface area contributed by atoms with E-state index in [4.69, 9.17) is 10.8 Å². The number of nitro benzene ring substituents is 1. The maximum absolute atomic E-state index is 12.2. The van der Waals surface area contributed by atoms with Crippen molar-refractivity contribution in [2.45, 2.75) is 19.4 Å². The molecule has 1 rings (SSSR count). The molecule has 0 aromatic heterocycles. The summed E-state index contributed by atoms with van der Waals surface area (Å²) in [6, 6.07) is 3.60. The van der Waals surface area contributed by atoms with Gasteiger partial charge in [-0.3, -0.25) is 14.9 Å². The summed E-state index contributed by atoms with van der Waals surface area (Å²) in [7, 11) is 1.32. The molecule has 0 aliphatic rings. The van der Waals surface area contributed by atoms with Crippen molar-refractivity contribution in [1.82, 2.24) is 4.90 Å². The highest BCUT2D eigenvalue weighted by atomic mass is 16.6. The van der Waals surface area contributed by atoms with Crippen molar-refractivity contribution in [2.75, 3.05) is 12.8 Å². The first-order valence-corrected chi connectivity index (χ1v) is 5.64. The fourth-order valence-electron chi connectivity index (χ4n) is 1.43. The number of benzene rings is 1. The number of nitrogens with zero attached hydrogens (tertiary/aromatic N) is 2. The van der Waals surface area contributed by atoms with E-state index >= 15 is 0 Å². The zero-order valence-corrected chi connectivity index (χ0v) is 11.3. The molecule has 0 saturated carbocycles. The summed E-state index contributed by atoms with van der Waals surface area (Å²) >= 11 is 0. The van der Waals surface area contributed by atoms with Crippen LogP contribution in [0.1, 0.15) is 24.2 Å². The van der Waals surface area contributed by atoms with Gasteiger partial charge in [-0.25, -0.2) is 4.79 Å². The SMILES string of the molecule is CN(C(=O)c1ccc(N)c([N+](=O)[O-])c1)C(C)(C)C(=O)O. The van der Waals surface area contributed by atoms with Gasteiger partial charge in [-0.05, 0) is 26.0 Å². The molecule has 0 atom stereocenters. The van der Waals surface area contributed by atoms with Crippen LogP contribution >= 0.6 is 0 Å². The molecule has 0 spiro atoms. The monoisotopic (exact) mass is 281 g/mol. The van der Waals surface area contributed by atoms with E-state index in [-0.39, 0.29) is 11.3 Å². The average molecular weight is 281 g/mol. The van der Waals surface area contributed by atoms with E-state index in [9.17, 15) is 19.7 Å². The molecule has 1 aromatic carbocycles. The van der Waals surface area contributed by atoms with E-state index in [0.29, 0.717) is 0 Å². The van der Waals surface area contributed by atoms with Crippen LogP contribution in [0, 0.1) is 10.1 Å². The van der Waals surface area contributed by atoms with Crippen LogP contribution in [0.25, 0.3) is 0 Å². The molecule has 8 heteroatoms. The van der Waals surface area contributed by atoms with Crippen LogP contribution in [0.3, 0.4) is 0 Å². The summed E-state index contributed by atoms with van der Waals surface area (Å²) in [6.07, 6.45) is 0. The first kappa shape index (κ1) is 15.4. The normalized spacial score (nSPS) is 10.9. The zero-order valence-electron chi connectivity index (χ0n) is 11.3. The van der Waals surface area contributed by atoms with Gasteiger partial charge in [-0.15, -0.1) is 0 Å². The Morgan fingerprint density at radius 1 is 1.40 bits per heavy atom. The molecule has 0 fully saturated rings. The Morgan fingerprint density at radius 3 is 2.40 bits per heavy atom. The van der Waals surface area contributed by atoms with Gasteiger partial charge in [-0.2, -0.15) is 0 Å². The molecule has 3 N–H and O–H groups in total. The first-order valence-electron chi connectivity index (χ1n) is 5.64. The fourth-order valence-corrected chi connectivity index (χ4v) is 1.43. The third-order valence-electron chi connectivity index (χ3n) is 3.14. The van der Waals surface area contributed by atoms with Crippen molar-refractivity contribution in [2.24, 2.45) is 0 Å². The second kappa shape index (κ2) is 5.16. The van der Waals surface area contributed by atoms with Crippen molar-refractivity contribution in [3.63, 3.8) is 0 Å². The molecule has 1 aromatic rings. The molecular weight excluding hydrogens is 266 g/mol. The number of nitro groups is 1. The number of anilines is 1. The van der Waals surface area contributed by atoms with E-state index in [0.717, 1.165) is 11.0 Å². The van der Waals surface area contributed by atoms with E-state index in [1.165, 1.54) is 33.0 Å². The number of carbonyl (C=O) groups excluding carboxylic acids is 1. The van der Waals surface area contributed by atoms with Gasteiger partial charge in [0, 0.05) is 18.7 Å². The van der Waals surface area contributed by atoms with Crippen LogP contribution in [-0.4, -0.2) is 39.4 Å². The van der Waals surface area contributed by atoms with E-state index in [1.54, 1.807) is 0 Å². The van der Waals surface area contributed by atoms with E-state index < -0.39 is 28.0 Å². The highest BCUT2D eigenvalue weighted by molar-refractivity contribution is 5.98. The quantitative estimate of drug-likeness (QED) is 0.483. The molecular formula is C12H15N3O5. The summed E-state index contributed by atoms with van der Waals surface area (Å²) in [5, 5.41) is 19.9. The maximum Gasteiger partial charge on any atom is 0.329 e. The van der Waals surface area contributed by atoms with Crippen LogP contribution < -0.4 is 5.73 Å². The van der Waals surface area contributed by atoms with Crippen molar-refractivity contribution in [3.05, 3.63) is 33.9 Å². The van der Waals surface area contributed by atoms with E-state index in [1.807, 2.05) is 0 Å². The van der Waals surface area contributed by atoms with Crippen LogP contribution in [0.4, 0.5) is 11.4 Å². The molecule has 0 saturated heterocycles. The molecule has 108 valence electrons. The molecule has 0 bridgehead atoms. The molecule has 0 aliphatic heterocycles. The van der Waals surface area contributed by atoms with Gasteiger partial charge < -0.3 is 15.7 Å². The average Bonchev–Trinajstić information content (AvgIpc) is 2.36. The van der Waals surface area contributed by atoms with Crippen molar-refractivity contribution in [1.29, 1.82) is 0 Å². The van der Waals surface area contributed by atoms with Crippen LogP contribution in [0.15, 0.2) is 18.2 Å². The van der Waals surface area contributed by atoms with Gasteiger partial charge in [0.15, 0.2) is 0 Å². The number of carbonyl (C=O) groups is 2. The maximum atomic E-state index is 12.2. The lowest BCUT2D eigenvalue weighted by molar-refractivity contribution is -0.383. The summed E-state index contributed by atoms with van der Waals surface area (Å²) in [5.41, 5.74) is 3.55. The predicted molar refractivity (Wildman–Crippen MR) is 71.3 cm³/mol. The second-order valence-electron chi connectivity index (χ2n) is 4.76. The topological polar surface area (TPSA) is 127 Å². The Kier molecular flexibility index (Phi) is 3.97. The number of likely N-dealkylation sites (N-methyl/N-ethyl adjacent to an activating group) is 1. The third-order valence-corrected chi connectivity index (χ3v) is 3.14. The summed E-state index contributed by atoms with van der Waals surface area (Å²) in [6.45, 7) is 2.72. The number of rotatable bonds is 4. The molecule has 1 amide bonds. The van der Waals surface area contributed by atoms with Crippen molar-refractivity contribution in [3.8, 4) is 0 Å². The predicted octanol–water partition coefficient (Wildman–Crippen LogP) is 1.11. The number of hydrogen-bond acceptors (Lipinski definition) is 5. The highest BCUT2D eigenvalue weighted by Crippen LogP contribution is 2.24. The van der Waals surface area contributed by atoms with Gasteiger partial charge in [0.05, 0.1) is 4.92 Å². The van der Waals surface area contributed by atoms with Gasteiger partial charge in [0.2, 0.25) is 0 Å². The number of hydrogen-bond donors (Lipinski definition) is 2. The lowest BCUT2D eigenvalue weighted by atomic mass is 10.0. The summed E-state index contributed by atoms with van der Waals surface area (Å²) in [4.78, 5) is 34.4. The highest BCUT2D eigenvalue weighted by Gasteiger charge is 2.36. The third kappa shape index (κ3) is 2.68. The van der Waals surface area contributed by atoms with Crippen molar-refractivity contribution < 1.29 is 19.6 Å². The van der Waals surface area contributed by atoms with Gasteiger partial charge in [0.1, 0.15) is 11.2 Å². The molecule has 0 unspecified atom stereocenters. The Bertz CT molecular complexity index is 582. The number of amides is 1. The van der Waals surface area contributed by atoms with Crippen LogP contribution in [0.5, 0.6) is 0 Å². The van der Waals surface area contributed by atoms with Crippen molar-refractivity contribution >= 4 is 23.3 Å². The van der Waals surface area contributed by atoms with Crippen LogP contribution in [0.2, 0.25) is 0 Å². The van der Waals surface area contributed by atoms with Gasteiger partial charge in [-0.1, -0.05) is 0 Å². The fraction of sp³-hybridized carbons (Fsp3) is 0.333. The minimum Gasteiger partial charge on any atom is -0.480 e. The Morgan fingerprint density at radius 2 is 1.95 bits per heavy atom. The van der Waals surface area contributed by atoms with Crippen LogP contribution in [-0.2, 0) is 4.79 Å². The minimum atomic E-state index is -1.44. The first-order chi connectivity index (χ1) is 9.09. The minimum absolute atomic E-state index is 0.00252. The Hall–Kier alpha value is -2.64. The smallest absolute Gasteiger partial charge is 0.329 e. The number of nitrogens with two attached hydrogens (primary N) is 1. The van der Waals surface area contributed by atoms with E-state index in [2.05, 4.69) is 0 Å². The molecule has 20 heavy (non-hydrogen) atoms. The summed E-state index contributed by atoms with van der Waals surface area (Å²) < 4.78 is 0. The Labute approximate surface area is 114 Å². The largest absolute Gasteiger partial charge is 0.480 e.